The number of rotatable bonds is 4. The van der Waals surface area contributed by atoms with E-state index in [1.54, 1.807) is 26.2 Å². The summed E-state index contributed by atoms with van der Waals surface area (Å²) in [7, 11) is 1.59. The van der Waals surface area contributed by atoms with Crippen molar-refractivity contribution in [3.8, 4) is 17.1 Å². The Kier molecular flexibility index (Phi) is 4.07. The Hall–Kier alpha value is -2.63. The molecule has 6 heteroatoms. The van der Waals surface area contributed by atoms with Crippen LogP contribution in [0.5, 0.6) is 5.75 Å². The molecule has 0 aliphatic carbocycles. The lowest BCUT2D eigenvalue weighted by Crippen LogP contribution is -2.20. The summed E-state index contributed by atoms with van der Waals surface area (Å²) in [4.78, 5) is 29.7. The first-order valence-corrected chi connectivity index (χ1v) is 6.39. The molecule has 110 valence electrons. The lowest BCUT2D eigenvalue weighted by atomic mass is 10.1. The summed E-state index contributed by atoms with van der Waals surface area (Å²) in [6.45, 7) is 3.53. The number of carbonyl (C=O) groups is 1. The van der Waals surface area contributed by atoms with E-state index >= 15 is 0 Å². The predicted octanol–water partition coefficient (Wildman–Crippen LogP) is 1.69. The van der Waals surface area contributed by atoms with Crippen molar-refractivity contribution < 1.29 is 14.6 Å². The molecule has 21 heavy (non-hydrogen) atoms. The van der Waals surface area contributed by atoms with Crippen molar-refractivity contribution in [1.29, 1.82) is 0 Å². The Morgan fingerprint density at radius 1 is 1.38 bits per heavy atom. The molecule has 2 N–H and O–H groups in total. The monoisotopic (exact) mass is 288 g/mol. The highest BCUT2D eigenvalue weighted by Crippen LogP contribution is 2.23. The lowest BCUT2D eigenvalue weighted by Gasteiger charge is -2.09. The van der Waals surface area contributed by atoms with Gasteiger partial charge in [-0.25, -0.2) is 4.98 Å². The quantitative estimate of drug-likeness (QED) is 0.893. The molecular formula is C15H16N2O4. The van der Waals surface area contributed by atoms with Gasteiger partial charge >= 0.3 is 5.97 Å². The van der Waals surface area contributed by atoms with Gasteiger partial charge in [-0.2, -0.15) is 0 Å². The second-order valence-electron chi connectivity index (χ2n) is 4.73. The number of H-pyrrole nitrogens is 1. The molecule has 0 radical (unpaired) electrons. The van der Waals surface area contributed by atoms with E-state index in [0.717, 1.165) is 16.9 Å². The number of hydrogen-bond acceptors (Lipinski definition) is 4. The highest BCUT2D eigenvalue weighted by Gasteiger charge is 2.13. The van der Waals surface area contributed by atoms with Crippen molar-refractivity contribution in [2.75, 3.05) is 7.11 Å². The highest BCUT2D eigenvalue weighted by atomic mass is 16.5. The molecule has 2 aromatic rings. The summed E-state index contributed by atoms with van der Waals surface area (Å²) in [5.41, 5.74) is 1.84. The summed E-state index contributed by atoms with van der Waals surface area (Å²) < 4.78 is 5.19. The average molecular weight is 288 g/mol. The minimum Gasteiger partial charge on any atom is -0.496 e. The maximum atomic E-state index is 12.0. The predicted molar refractivity (Wildman–Crippen MR) is 77.7 cm³/mol. The molecule has 1 heterocycles. The molecule has 2 rings (SSSR count). The maximum Gasteiger partial charge on any atom is 0.308 e. The van der Waals surface area contributed by atoms with Crippen LogP contribution in [0.25, 0.3) is 11.4 Å². The molecule has 0 saturated carbocycles. The van der Waals surface area contributed by atoms with Gasteiger partial charge in [-0.3, -0.25) is 9.59 Å². The minimum absolute atomic E-state index is 0.177. The highest BCUT2D eigenvalue weighted by molar-refractivity contribution is 5.70. The van der Waals surface area contributed by atoms with Crippen LogP contribution < -0.4 is 10.3 Å². The van der Waals surface area contributed by atoms with E-state index in [2.05, 4.69) is 9.97 Å². The summed E-state index contributed by atoms with van der Waals surface area (Å²) in [6.07, 6.45) is -0.337. The number of nitrogens with zero attached hydrogens (tertiary/aromatic N) is 1. The van der Waals surface area contributed by atoms with Gasteiger partial charge in [0, 0.05) is 16.8 Å². The first-order valence-electron chi connectivity index (χ1n) is 6.39. The zero-order valence-corrected chi connectivity index (χ0v) is 12.1. The van der Waals surface area contributed by atoms with Crippen LogP contribution in [0, 0.1) is 13.8 Å². The third kappa shape index (κ3) is 3.10. The molecule has 0 aliphatic rings. The summed E-state index contributed by atoms with van der Waals surface area (Å²) in [5, 5.41) is 8.80. The molecule has 0 unspecified atom stereocenters. The van der Waals surface area contributed by atoms with Crippen molar-refractivity contribution >= 4 is 5.97 Å². The second kappa shape index (κ2) is 5.78. The fourth-order valence-electron chi connectivity index (χ4n) is 2.13. The number of carboxylic acids is 1. The van der Waals surface area contributed by atoms with Crippen LogP contribution in [0.1, 0.15) is 16.8 Å². The number of aryl methyl sites for hydroxylation is 2. The van der Waals surface area contributed by atoms with Gasteiger partial charge in [0.15, 0.2) is 0 Å². The van der Waals surface area contributed by atoms with E-state index in [4.69, 9.17) is 9.84 Å². The van der Waals surface area contributed by atoms with Gasteiger partial charge in [0.1, 0.15) is 11.6 Å². The Bertz CT molecular complexity index is 750. The second-order valence-corrected chi connectivity index (χ2v) is 4.73. The molecule has 0 fully saturated rings. The van der Waals surface area contributed by atoms with Gasteiger partial charge in [-0.05, 0) is 37.6 Å². The van der Waals surface area contributed by atoms with Gasteiger partial charge in [0.05, 0.1) is 13.5 Å². The molecule has 0 amide bonds. The number of methoxy groups -OCH3 is 1. The number of aliphatic carboxylic acids is 1. The van der Waals surface area contributed by atoms with Gasteiger partial charge in [0.2, 0.25) is 0 Å². The van der Waals surface area contributed by atoms with Crippen LogP contribution in [0.2, 0.25) is 0 Å². The van der Waals surface area contributed by atoms with Crippen molar-refractivity contribution in [2.24, 2.45) is 0 Å². The van der Waals surface area contributed by atoms with E-state index in [1.165, 1.54) is 0 Å². The Labute approximate surface area is 121 Å². The van der Waals surface area contributed by atoms with Gasteiger partial charge < -0.3 is 14.8 Å². The Morgan fingerprint density at radius 3 is 2.62 bits per heavy atom. The third-order valence-electron chi connectivity index (χ3n) is 3.22. The molecule has 0 aliphatic heterocycles. The molecule has 1 aromatic heterocycles. The van der Waals surface area contributed by atoms with Crippen molar-refractivity contribution in [1.82, 2.24) is 9.97 Å². The molecular weight excluding hydrogens is 272 g/mol. The van der Waals surface area contributed by atoms with Crippen LogP contribution >= 0.6 is 0 Å². The van der Waals surface area contributed by atoms with Crippen molar-refractivity contribution in [2.45, 2.75) is 20.3 Å². The molecule has 0 saturated heterocycles. The summed E-state index contributed by atoms with van der Waals surface area (Å²) in [6, 6.07) is 5.44. The zero-order valence-electron chi connectivity index (χ0n) is 12.1. The van der Waals surface area contributed by atoms with Gasteiger partial charge in [-0.1, -0.05) is 0 Å². The summed E-state index contributed by atoms with van der Waals surface area (Å²) in [5.74, 6) is 0.108. The Morgan fingerprint density at radius 2 is 2.10 bits per heavy atom. The largest absolute Gasteiger partial charge is 0.496 e. The van der Waals surface area contributed by atoms with Crippen molar-refractivity contribution in [3.63, 3.8) is 0 Å². The van der Waals surface area contributed by atoms with Gasteiger partial charge in [-0.15, -0.1) is 0 Å². The Balaban J connectivity index is 2.49. The van der Waals surface area contributed by atoms with Crippen LogP contribution in [-0.2, 0) is 11.2 Å². The number of hydrogen-bond donors (Lipinski definition) is 2. The number of carboxylic acid groups (broad SMARTS) is 1. The number of nitrogens with one attached hydrogen (secondary N) is 1. The number of ether oxygens (including phenoxy) is 1. The van der Waals surface area contributed by atoms with E-state index in [-0.39, 0.29) is 12.0 Å². The molecule has 1 aromatic carbocycles. The van der Waals surface area contributed by atoms with E-state index in [9.17, 15) is 9.59 Å². The van der Waals surface area contributed by atoms with E-state index < -0.39 is 11.5 Å². The molecule has 0 spiro atoms. The summed E-state index contributed by atoms with van der Waals surface area (Å²) >= 11 is 0. The average Bonchev–Trinajstić information content (AvgIpc) is 2.42. The number of benzene rings is 1. The van der Waals surface area contributed by atoms with Crippen LogP contribution in [-0.4, -0.2) is 28.2 Å². The number of aromatic amines is 1. The van der Waals surface area contributed by atoms with Crippen LogP contribution in [0.4, 0.5) is 0 Å². The van der Waals surface area contributed by atoms with Crippen molar-refractivity contribution in [3.05, 3.63) is 45.4 Å². The van der Waals surface area contributed by atoms with Crippen LogP contribution in [0.3, 0.4) is 0 Å². The van der Waals surface area contributed by atoms with Crippen LogP contribution in [0.15, 0.2) is 23.0 Å². The molecule has 0 bridgehead atoms. The fourth-order valence-corrected chi connectivity index (χ4v) is 2.13. The maximum absolute atomic E-state index is 12.0. The topological polar surface area (TPSA) is 92.3 Å². The fraction of sp³-hybridized carbons (Fsp3) is 0.267. The number of aromatic nitrogens is 2. The lowest BCUT2D eigenvalue weighted by molar-refractivity contribution is -0.136. The molecule has 0 atom stereocenters. The normalized spacial score (nSPS) is 10.4. The van der Waals surface area contributed by atoms with Gasteiger partial charge in [0.25, 0.3) is 5.56 Å². The minimum atomic E-state index is -1.06. The van der Waals surface area contributed by atoms with E-state index in [0.29, 0.717) is 11.5 Å². The molecule has 6 nitrogen and oxygen atoms in total. The standard InChI is InChI=1S/C15H16N2O4/c1-8-6-10(4-5-12(8)21-3)14-16-9(2)11(7-13(18)19)15(20)17-14/h4-6H,7H2,1-3H3,(H,18,19)(H,16,17,20). The first kappa shape index (κ1) is 14.8. The smallest absolute Gasteiger partial charge is 0.308 e. The first-order chi connectivity index (χ1) is 9.92. The zero-order chi connectivity index (χ0) is 15.6. The SMILES string of the molecule is COc1ccc(-c2nc(C)c(CC(=O)O)c(=O)[nH]2)cc1C. The van der Waals surface area contributed by atoms with E-state index in [1.807, 2.05) is 13.0 Å². The third-order valence-corrected chi connectivity index (χ3v) is 3.22.